The molecule has 6 nitrogen and oxygen atoms in total. The highest BCUT2D eigenvalue weighted by molar-refractivity contribution is 5.73. The van der Waals surface area contributed by atoms with Crippen molar-refractivity contribution in [1.29, 1.82) is 0 Å². The van der Waals surface area contributed by atoms with Gasteiger partial charge in [0, 0.05) is 18.4 Å². The average Bonchev–Trinajstić information content (AvgIpc) is 2.64. The molecular weight excluding hydrogens is 246 g/mol. The maximum absolute atomic E-state index is 10.9. The van der Waals surface area contributed by atoms with Crippen LogP contribution >= 0.6 is 0 Å². The van der Waals surface area contributed by atoms with E-state index >= 15 is 0 Å². The summed E-state index contributed by atoms with van der Waals surface area (Å²) in [5.74, 6) is -0.231. The second kappa shape index (κ2) is 6.47. The molecule has 1 aliphatic rings. The smallest absolute Gasteiger partial charge is 0.334 e. The van der Waals surface area contributed by atoms with Crippen LogP contribution in [0.15, 0.2) is 6.33 Å². The molecule has 0 radical (unpaired) electrons. The van der Waals surface area contributed by atoms with Gasteiger partial charge in [-0.15, -0.1) is 0 Å². The minimum absolute atomic E-state index is 0.204. The Kier molecular flexibility index (Phi) is 4.68. The van der Waals surface area contributed by atoms with Crippen LogP contribution in [0.1, 0.15) is 30.5 Å². The van der Waals surface area contributed by atoms with Gasteiger partial charge < -0.3 is 15.2 Å². The van der Waals surface area contributed by atoms with Crippen molar-refractivity contribution >= 4 is 11.8 Å². The molecule has 0 bridgehead atoms. The van der Waals surface area contributed by atoms with Crippen molar-refractivity contribution in [1.82, 2.24) is 9.97 Å². The summed E-state index contributed by atoms with van der Waals surface area (Å²) in [7, 11) is 1.39. The minimum atomic E-state index is -0.977. The van der Waals surface area contributed by atoms with Crippen molar-refractivity contribution in [3.8, 4) is 0 Å². The number of rotatable bonds is 5. The van der Waals surface area contributed by atoms with Crippen LogP contribution in [-0.4, -0.2) is 40.8 Å². The van der Waals surface area contributed by atoms with Crippen LogP contribution in [0.5, 0.6) is 0 Å². The van der Waals surface area contributed by atoms with Gasteiger partial charge in [-0.1, -0.05) is 6.42 Å². The Bertz CT molecular complexity index is 451. The molecule has 0 amide bonds. The van der Waals surface area contributed by atoms with Crippen LogP contribution < -0.4 is 5.32 Å². The minimum Gasteiger partial charge on any atom is -0.479 e. The van der Waals surface area contributed by atoms with Gasteiger partial charge >= 0.3 is 5.97 Å². The topological polar surface area (TPSA) is 84.3 Å². The monoisotopic (exact) mass is 265 g/mol. The molecule has 6 heteroatoms. The number of carboxylic acid groups (broad SMARTS) is 1. The number of fused-ring (bicyclic) bond motifs is 1. The molecule has 2 N–H and O–H groups in total. The highest BCUT2D eigenvalue weighted by Gasteiger charge is 2.18. The molecule has 0 spiro atoms. The number of aromatic nitrogens is 2. The lowest BCUT2D eigenvalue weighted by Crippen LogP contribution is -2.31. The number of hydrogen-bond acceptors (Lipinski definition) is 5. The van der Waals surface area contributed by atoms with Gasteiger partial charge in [0.2, 0.25) is 0 Å². The Morgan fingerprint density at radius 1 is 1.42 bits per heavy atom. The fourth-order valence-electron chi connectivity index (χ4n) is 2.31. The summed E-state index contributed by atoms with van der Waals surface area (Å²) in [5, 5.41) is 12.0. The molecule has 0 saturated heterocycles. The second-order valence-electron chi connectivity index (χ2n) is 4.65. The van der Waals surface area contributed by atoms with E-state index in [2.05, 4.69) is 15.3 Å². The number of hydrogen-bond donors (Lipinski definition) is 2. The third-order valence-corrected chi connectivity index (χ3v) is 3.39. The van der Waals surface area contributed by atoms with Gasteiger partial charge in [-0.2, -0.15) is 0 Å². The van der Waals surface area contributed by atoms with Gasteiger partial charge in [-0.05, 0) is 25.7 Å². The first kappa shape index (κ1) is 13.7. The lowest BCUT2D eigenvalue weighted by Gasteiger charge is -2.15. The highest BCUT2D eigenvalue weighted by Crippen LogP contribution is 2.23. The van der Waals surface area contributed by atoms with Crippen molar-refractivity contribution in [2.45, 2.75) is 38.2 Å². The fourth-order valence-corrected chi connectivity index (χ4v) is 2.31. The maximum atomic E-state index is 10.9. The molecule has 1 aromatic rings. The van der Waals surface area contributed by atoms with E-state index in [1.165, 1.54) is 19.9 Å². The quantitative estimate of drug-likeness (QED) is 0.780. The summed E-state index contributed by atoms with van der Waals surface area (Å²) in [4.78, 5) is 19.4. The zero-order chi connectivity index (χ0) is 13.7. The number of methoxy groups -OCH3 is 1. The van der Waals surface area contributed by atoms with Gasteiger partial charge in [0.15, 0.2) is 6.10 Å². The van der Waals surface area contributed by atoms with E-state index in [4.69, 9.17) is 9.84 Å². The van der Waals surface area contributed by atoms with Gasteiger partial charge in [0.1, 0.15) is 12.1 Å². The Labute approximate surface area is 112 Å². The Morgan fingerprint density at radius 3 is 2.95 bits per heavy atom. The Hall–Kier alpha value is -1.69. The molecule has 0 fully saturated rings. The van der Waals surface area contributed by atoms with Crippen molar-refractivity contribution in [3.05, 3.63) is 17.6 Å². The molecule has 0 aromatic carbocycles. The van der Waals surface area contributed by atoms with Gasteiger partial charge in [-0.3, -0.25) is 0 Å². The predicted octanol–water partition coefficient (Wildman–Crippen LogP) is 1.26. The Balaban J connectivity index is 2.10. The van der Waals surface area contributed by atoms with E-state index in [-0.39, 0.29) is 6.54 Å². The van der Waals surface area contributed by atoms with Gasteiger partial charge in [0.25, 0.3) is 0 Å². The van der Waals surface area contributed by atoms with Crippen LogP contribution in [-0.2, 0) is 22.4 Å². The van der Waals surface area contributed by atoms with Crippen LogP contribution in [0.2, 0.25) is 0 Å². The van der Waals surface area contributed by atoms with E-state index in [1.54, 1.807) is 0 Å². The fraction of sp³-hybridized carbons (Fsp3) is 0.615. The standard InChI is InChI=1S/C13H19N3O3/c1-19-11(13(17)18)7-14-12-9-5-3-2-4-6-10(9)15-8-16-12/h8,11H,2-7H2,1H3,(H,17,18)(H,14,15,16). The lowest BCUT2D eigenvalue weighted by atomic mass is 10.1. The van der Waals surface area contributed by atoms with Gasteiger partial charge in [0.05, 0.1) is 6.54 Å². The van der Waals surface area contributed by atoms with E-state index < -0.39 is 12.1 Å². The van der Waals surface area contributed by atoms with Gasteiger partial charge in [-0.25, -0.2) is 14.8 Å². The van der Waals surface area contributed by atoms with E-state index in [9.17, 15) is 4.79 Å². The molecule has 2 rings (SSSR count). The molecule has 1 heterocycles. The summed E-state index contributed by atoms with van der Waals surface area (Å²) in [5.41, 5.74) is 2.21. The number of aliphatic carboxylic acids is 1. The highest BCUT2D eigenvalue weighted by atomic mass is 16.5. The molecule has 1 atom stereocenters. The molecule has 1 aromatic heterocycles. The first-order valence-electron chi connectivity index (χ1n) is 6.54. The summed E-state index contributed by atoms with van der Waals surface area (Å²) in [6.45, 7) is 0.204. The summed E-state index contributed by atoms with van der Waals surface area (Å²) >= 11 is 0. The Morgan fingerprint density at radius 2 is 2.21 bits per heavy atom. The zero-order valence-electron chi connectivity index (χ0n) is 11.1. The third-order valence-electron chi connectivity index (χ3n) is 3.39. The van der Waals surface area contributed by atoms with Crippen molar-refractivity contribution in [2.24, 2.45) is 0 Å². The number of ether oxygens (including phenoxy) is 1. The number of aryl methyl sites for hydroxylation is 1. The number of carbonyl (C=O) groups is 1. The van der Waals surface area contributed by atoms with Crippen LogP contribution in [0.25, 0.3) is 0 Å². The van der Waals surface area contributed by atoms with Crippen molar-refractivity contribution in [3.63, 3.8) is 0 Å². The van der Waals surface area contributed by atoms with Crippen LogP contribution in [0.4, 0.5) is 5.82 Å². The third kappa shape index (κ3) is 3.41. The first-order valence-corrected chi connectivity index (χ1v) is 6.54. The van der Waals surface area contributed by atoms with Crippen LogP contribution in [0, 0.1) is 0 Å². The first-order chi connectivity index (χ1) is 9.22. The predicted molar refractivity (Wildman–Crippen MR) is 70.2 cm³/mol. The van der Waals surface area contributed by atoms with Crippen molar-refractivity contribution < 1.29 is 14.6 Å². The largest absolute Gasteiger partial charge is 0.479 e. The van der Waals surface area contributed by atoms with E-state index in [0.29, 0.717) is 0 Å². The SMILES string of the molecule is COC(CNc1ncnc2c1CCCCC2)C(=O)O. The molecule has 1 aliphatic carbocycles. The maximum Gasteiger partial charge on any atom is 0.334 e. The number of nitrogens with zero attached hydrogens (tertiary/aromatic N) is 2. The number of nitrogens with one attached hydrogen (secondary N) is 1. The molecule has 0 saturated carbocycles. The second-order valence-corrected chi connectivity index (χ2v) is 4.65. The molecule has 19 heavy (non-hydrogen) atoms. The normalized spacial score (nSPS) is 16.3. The summed E-state index contributed by atoms with van der Waals surface area (Å²) in [6, 6.07) is 0. The summed E-state index contributed by atoms with van der Waals surface area (Å²) < 4.78 is 4.90. The number of anilines is 1. The van der Waals surface area contributed by atoms with E-state index in [1.807, 2.05) is 0 Å². The molecule has 0 aliphatic heterocycles. The van der Waals surface area contributed by atoms with Crippen LogP contribution in [0.3, 0.4) is 0 Å². The van der Waals surface area contributed by atoms with Crippen molar-refractivity contribution in [2.75, 3.05) is 19.0 Å². The lowest BCUT2D eigenvalue weighted by molar-refractivity contribution is -0.147. The molecule has 104 valence electrons. The summed E-state index contributed by atoms with van der Waals surface area (Å²) in [6.07, 6.45) is 6.07. The average molecular weight is 265 g/mol. The number of carboxylic acids is 1. The molecular formula is C13H19N3O3. The van der Waals surface area contributed by atoms with E-state index in [0.717, 1.165) is 42.8 Å². The molecule has 1 unspecified atom stereocenters. The zero-order valence-corrected chi connectivity index (χ0v) is 11.1.